The Bertz CT molecular complexity index is 1150. The van der Waals surface area contributed by atoms with E-state index in [-0.39, 0.29) is 11.0 Å². The Hall–Kier alpha value is -3.62. The topological polar surface area (TPSA) is 104 Å². The number of benzene rings is 1. The van der Waals surface area contributed by atoms with Crippen molar-refractivity contribution in [2.45, 2.75) is 13.5 Å². The van der Waals surface area contributed by atoms with Gasteiger partial charge in [0.25, 0.3) is 5.56 Å². The third-order valence-corrected chi connectivity index (χ3v) is 4.17. The second kappa shape index (κ2) is 7.95. The predicted octanol–water partition coefficient (Wildman–Crippen LogP) is 1.14. The van der Waals surface area contributed by atoms with E-state index in [1.54, 1.807) is 37.3 Å². The maximum Gasteiger partial charge on any atom is 0.332 e. The molecule has 0 spiro atoms. The second-order valence-corrected chi connectivity index (χ2v) is 5.92. The van der Waals surface area contributed by atoms with Crippen molar-refractivity contribution in [3.05, 3.63) is 57.4 Å². The van der Waals surface area contributed by atoms with Crippen LogP contribution in [0.2, 0.25) is 0 Å². The van der Waals surface area contributed by atoms with Crippen LogP contribution >= 0.6 is 0 Å². The molecule has 0 bridgehead atoms. The number of hydrogen-bond acceptors (Lipinski definition) is 6. The Morgan fingerprint density at radius 3 is 2.64 bits per heavy atom. The molecule has 1 aromatic carbocycles. The largest absolute Gasteiger partial charge is 0.495 e. The average molecular weight is 384 g/mol. The number of nitrogens with one attached hydrogen (secondary N) is 1. The van der Waals surface area contributed by atoms with Crippen molar-refractivity contribution in [1.29, 1.82) is 0 Å². The normalized spacial score (nSPS) is 10.7. The Morgan fingerprint density at radius 2 is 1.93 bits per heavy atom. The van der Waals surface area contributed by atoms with Gasteiger partial charge in [0, 0.05) is 13.2 Å². The van der Waals surface area contributed by atoms with E-state index >= 15 is 0 Å². The molecule has 0 saturated carbocycles. The van der Waals surface area contributed by atoms with Crippen LogP contribution < -0.4 is 26.0 Å². The molecule has 1 N–H and O–H groups in total. The zero-order valence-corrected chi connectivity index (χ0v) is 15.8. The second-order valence-electron chi connectivity index (χ2n) is 5.92. The summed E-state index contributed by atoms with van der Waals surface area (Å²) >= 11 is 0. The molecule has 9 nitrogen and oxygen atoms in total. The molecule has 1 amide bonds. The molecule has 0 aliphatic rings. The summed E-state index contributed by atoms with van der Waals surface area (Å²) in [5.74, 6) is 0.245. The van der Waals surface area contributed by atoms with Crippen LogP contribution in [0.1, 0.15) is 6.92 Å². The Kier molecular flexibility index (Phi) is 5.44. The van der Waals surface area contributed by atoms with Crippen LogP contribution in [0.5, 0.6) is 11.5 Å². The number of aryl methyl sites for hydroxylation is 1. The summed E-state index contributed by atoms with van der Waals surface area (Å²) in [4.78, 5) is 42.2. The van der Waals surface area contributed by atoms with Crippen molar-refractivity contribution < 1.29 is 14.3 Å². The van der Waals surface area contributed by atoms with Crippen LogP contribution in [0.4, 0.5) is 5.69 Å². The van der Waals surface area contributed by atoms with Gasteiger partial charge in [0.2, 0.25) is 5.91 Å². The fourth-order valence-corrected chi connectivity index (χ4v) is 2.88. The Morgan fingerprint density at radius 1 is 1.18 bits per heavy atom. The lowest BCUT2D eigenvalue weighted by Gasteiger charge is -2.13. The van der Waals surface area contributed by atoms with Gasteiger partial charge in [-0.15, -0.1) is 0 Å². The molecular weight excluding hydrogens is 364 g/mol. The maximum atomic E-state index is 12.9. The zero-order chi connectivity index (χ0) is 20.3. The number of methoxy groups -OCH3 is 1. The highest BCUT2D eigenvalue weighted by atomic mass is 16.5. The molecule has 2 aromatic heterocycles. The molecule has 0 aliphatic carbocycles. The molecule has 0 radical (unpaired) electrons. The molecular formula is C19H20N4O5. The number of nitrogens with zero attached hydrogens (tertiary/aromatic N) is 3. The number of carbonyl (C=O) groups is 1. The van der Waals surface area contributed by atoms with E-state index in [0.29, 0.717) is 23.8 Å². The van der Waals surface area contributed by atoms with Gasteiger partial charge in [0.1, 0.15) is 23.4 Å². The monoisotopic (exact) mass is 384 g/mol. The highest BCUT2D eigenvalue weighted by Crippen LogP contribution is 2.23. The van der Waals surface area contributed by atoms with Crippen molar-refractivity contribution in [1.82, 2.24) is 14.1 Å². The summed E-state index contributed by atoms with van der Waals surface area (Å²) < 4.78 is 12.8. The lowest BCUT2D eigenvalue weighted by atomic mass is 10.3. The quantitative estimate of drug-likeness (QED) is 0.683. The van der Waals surface area contributed by atoms with Crippen molar-refractivity contribution >= 4 is 22.6 Å². The summed E-state index contributed by atoms with van der Waals surface area (Å²) in [7, 11) is 2.97. The zero-order valence-electron chi connectivity index (χ0n) is 15.8. The molecule has 0 atom stereocenters. The van der Waals surface area contributed by atoms with Crippen LogP contribution in [0.25, 0.3) is 11.0 Å². The third-order valence-electron chi connectivity index (χ3n) is 4.17. The highest BCUT2D eigenvalue weighted by molar-refractivity contribution is 5.92. The van der Waals surface area contributed by atoms with E-state index in [4.69, 9.17) is 9.47 Å². The first kappa shape index (κ1) is 19.2. The van der Waals surface area contributed by atoms with Gasteiger partial charge in [-0.3, -0.25) is 14.2 Å². The minimum absolute atomic E-state index is 0.150. The van der Waals surface area contributed by atoms with Crippen LogP contribution in [0.3, 0.4) is 0 Å². The molecule has 2 heterocycles. The predicted molar refractivity (Wildman–Crippen MR) is 104 cm³/mol. The summed E-state index contributed by atoms with van der Waals surface area (Å²) in [5.41, 5.74) is -0.640. The first-order valence-electron chi connectivity index (χ1n) is 8.62. The fourth-order valence-electron chi connectivity index (χ4n) is 2.88. The van der Waals surface area contributed by atoms with E-state index in [2.05, 4.69) is 10.3 Å². The van der Waals surface area contributed by atoms with E-state index in [1.807, 2.05) is 0 Å². The Balaban J connectivity index is 2.03. The lowest BCUT2D eigenvalue weighted by molar-refractivity contribution is -0.116. The van der Waals surface area contributed by atoms with Crippen LogP contribution in [0.15, 0.2) is 46.1 Å². The molecule has 0 unspecified atom stereocenters. The minimum atomic E-state index is -0.645. The standard InChI is InChI=1S/C19H20N4O5/c1-4-28-14-9-10-20-17-16(14)18(25)23(19(26)22(17)2)11-15(24)21-12-7-5-6-8-13(12)27-3/h5-10H,4,11H2,1-3H3,(H,21,24). The number of ether oxygens (including phenoxy) is 2. The van der Waals surface area contributed by atoms with Crippen molar-refractivity contribution in [2.75, 3.05) is 19.0 Å². The molecule has 0 saturated heterocycles. The molecule has 3 rings (SSSR count). The van der Waals surface area contributed by atoms with E-state index < -0.39 is 23.7 Å². The summed E-state index contributed by atoms with van der Waals surface area (Å²) in [6.07, 6.45) is 1.46. The van der Waals surface area contributed by atoms with E-state index in [1.165, 1.54) is 24.9 Å². The summed E-state index contributed by atoms with van der Waals surface area (Å²) in [6.45, 7) is 1.67. The van der Waals surface area contributed by atoms with E-state index in [9.17, 15) is 14.4 Å². The minimum Gasteiger partial charge on any atom is -0.495 e. The molecule has 3 aromatic rings. The van der Waals surface area contributed by atoms with Crippen LogP contribution in [0, 0.1) is 0 Å². The number of rotatable bonds is 6. The SMILES string of the molecule is CCOc1ccnc2c1c(=O)n(CC(=O)Nc1ccccc1OC)c(=O)n2C. The number of amides is 1. The molecule has 0 aliphatic heterocycles. The summed E-state index contributed by atoms with van der Waals surface area (Å²) in [5, 5.41) is 2.80. The smallest absolute Gasteiger partial charge is 0.332 e. The number of fused-ring (bicyclic) bond motifs is 1. The van der Waals surface area contributed by atoms with Gasteiger partial charge < -0.3 is 14.8 Å². The highest BCUT2D eigenvalue weighted by Gasteiger charge is 2.18. The number of aromatic nitrogens is 3. The first-order valence-corrected chi connectivity index (χ1v) is 8.62. The average Bonchev–Trinajstić information content (AvgIpc) is 2.70. The van der Waals surface area contributed by atoms with Gasteiger partial charge in [-0.1, -0.05) is 12.1 Å². The first-order chi connectivity index (χ1) is 13.5. The van der Waals surface area contributed by atoms with Crippen LogP contribution in [-0.2, 0) is 18.4 Å². The number of pyridine rings is 1. The number of carbonyl (C=O) groups excluding carboxylic acids is 1. The van der Waals surface area contributed by atoms with Crippen molar-refractivity contribution in [3.63, 3.8) is 0 Å². The molecule has 28 heavy (non-hydrogen) atoms. The number of para-hydroxylation sites is 2. The van der Waals surface area contributed by atoms with E-state index in [0.717, 1.165) is 4.57 Å². The number of hydrogen-bond donors (Lipinski definition) is 1. The summed E-state index contributed by atoms with van der Waals surface area (Å²) in [6, 6.07) is 8.41. The third kappa shape index (κ3) is 3.46. The Labute approximate surface area is 160 Å². The van der Waals surface area contributed by atoms with Crippen LogP contribution in [-0.4, -0.2) is 33.7 Å². The van der Waals surface area contributed by atoms with Crippen molar-refractivity contribution in [3.8, 4) is 11.5 Å². The van der Waals surface area contributed by atoms with Gasteiger partial charge in [-0.25, -0.2) is 14.3 Å². The van der Waals surface area contributed by atoms with Gasteiger partial charge >= 0.3 is 5.69 Å². The van der Waals surface area contributed by atoms with Crippen molar-refractivity contribution in [2.24, 2.45) is 7.05 Å². The molecule has 9 heteroatoms. The van der Waals surface area contributed by atoms with Gasteiger partial charge in [0.05, 0.1) is 19.4 Å². The van der Waals surface area contributed by atoms with Gasteiger partial charge in [0.15, 0.2) is 5.65 Å². The lowest BCUT2D eigenvalue weighted by Crippen LogP contribution is -2.42. The van der Waals surface area contributed by atoms with Gasteiger partial charge in [-0.2, -0.15) is 0 Å². The molecule has 146 valence electrons. The number of anilines is 1. The fraction of sp³-hybridized carbons (Fsp3) is 0.263. The van der Waals surface area contributed by atoms with Gasteiger partial charge in [-0.05, 0) is 25.1 Å². The molecule has 0 fully saturated rings. The maximum absolute atomic E-state index is 12.9.